The van der Waals surface area contributed by atoms with Crippen LogP contribution in [0, 0.1) is 0 Å². The number of benzene rings is 4. The lowest BCUT2D eigenvalue weighted by Crippen LogP contribution is -2.32. The number of rotatable bonds is 9. The maximum Gasteiger partial charge on any atom is 0.337 e. The van der Waals surface area contributed by atoms with Gasteiger partial charge in [0.05, 0.1) is 28.4 Å². The van der Waals surface area contributed by atoms with Crippen molar-refractivity contribution in [2.45, 2.75) is 52.4 Å². The summed E-state index contributed by atoms with van der Waals surface area (Å²) in [4.78, 5) is 28.4. The van der Waals surface area contributed by atoms with E-state index in [4.69, 9.17) is 19.3 Å². The van der Waals surface area contributed by atoms with Crippen molar-refractivity contribution in [1.29, 1.82) is 0 Å². The highest BCUT2D eigenvalue weighted by Gasteiger charge is 2.40. The topological polar surface area (TPSA) is 91.7 Å². The molecule has 1 atom stereocenters. The summed E-state index contributed by atoms with van der Waals surface area (Å²) in [5, 5.41) is 8.39. The van der Waals surface area contributed by atoms with Crippen molar-refractivity contribution in [2.24, 2.45) is 0 Å². The van der Waals surface area contributed by atoms with Crippen LogP contribution in [0.3, 0.4) is 0 Å². The molecule has 0 saturated carbocycles. The van der Waals surface area contributed by atoms with E-state index in [0.717, 1.165) is 40.1 Å². The Morgan fingerprint density at radius 2 is 1.35 bits per heavy atom. The number of carbonyl (C=O) groups is 2. The summed E-state index contributed by atoms with van der Waals surface area (Å²) in [6, 6.07) is 34.9. The van der Waals surface area contributed by atoms with E-state index in [9.17, 15) is 9.59 Å². The smallest absolute Gasteiger partial charge is 0.337 e. The third-order valence-corrected chi connectivity index (χ3v) is 8.87. The first-order valence-corrected chi connectivity index (χ1v) is 16.4. The summed E-state index contributed by atoms with van der Waals surface area (Å²) in [6.45, 7) is 5.87. The van der Waals surface area contributed by atoms with Crippen LogP contribution in [0.15, 0.2) is 138 Å². The van der Waals surface area contributed by atoms with Gasteiger partial charge in [-0.05, 0) is 67.8 Å². The molecule has 0 radical (unpaired) electrons. The van der Waals surface area contributed by atoms with Crippen LogP contribution in [-0.2, 0) is 38.7 Å². The van der Waals surface area contributed by atoms with E-state index in [1.807, 2.05) is 130 Å². The zero-order valence-electron chi connectivity index (χ0n) is 27.7. The Morgan fingerprint density at radius 3 is 1.92 bits per heavy atom. The van der Waals surface area contributed by atoms with E-state index in [0.29, 0.717) is 33.8 Å². The summed E-state index contributed by atoms with van der Waals surface area (Å²) < 4.78 is 19.7. The van der Waals surface area contributed by atoms with Gasteiger partial charge in [0, 0.05) is 35.1 Å². The maximum absolute atomic E-state index is 14.2. The lowest BCUT2D eigenvalue weighted by atomic mass is 9.79. The van der Waals surface area contributed by atoms with Gasteiger partial charge in [-0.3, -0.25) is 0 Å². The van der Waals surface area contributed by atoms with Gasteiger partial charge in [0.15, 0.2) is 0 Å². The molecular formula is C41H37N3O5. The number of hydrogen-bond donors (Lipinski definition) is 1. The summed E-state index contributed by atoms with van der Waals surface area (Å²) in [5.74, 6) is -1.06. The van der Waals surface area contributed by atoms with E-state index >= 15 is 0 Å². The third-order valence-electron chi connectivity index (χ3n) is 8.87. The highest BCUT2D eigenvalue weighted by Crippen LogP contribution is 2.44. The number of allylic oxidation sites excluding steroid dienone is 2. The van der Waals surface area contributed by atoms with Gasteiger partial charge in [0.25, 0.3) is 0 Å². The van der Waals surface area contributed by atoms with Crippen LogP contribution in [-0.4, -0.2) is 27.8 Å². The van der Waals surface area contributed by atoms with Crippen molar-refractivity contribution >= 4 is 11.9 Å². The highest BCUT2D eigenvalue weighted by atomic mass is 16.5. The van der Waals surface area contributed by atoms with E-state index in [1.54, 1.807) is 4.68 Å². The second kappa shape index (κ2) is 13.7. The molecule has 0 fully saturated rings. The number of esters is 2. The molecule has 7 rings (SSSR count). The lowest BCUT2D eigenvalue weighted by molar-refractivity contribution is -0.141. The Hall–Kier alpha value is -5.89. The molecule has 5 aromatic rings. The number of fused-ring (bicyclic) bond motifs is 1. The molecule has 2 aliphatic rings. The van der Waals surface area contributed by atoms with Gasteiger partial charge in [-0.1, -0.05) is 78.9 Å². The lowest BCUT2D eigenvalue weighted by Gasteiger charge is -2.30. The Balaban J connectivity index is 1.36. The molecule has 0 aliphatic carbocycles. The maximum atomic E-state index is 14.2. The van der Waals surface area contributed by atoms with Crippen LogP contribution in [0.2, 0.25) is 0 Å². The van der Waals surface area contributed by atoms with Crippen LogP contribution < -0.4 is 10.1 Å². The minimum Gasteiger partial charge on any atom is -0.490 e. The molecule has 0 amide bonds. The molecule has 2 aliphatic heterocycles. The average molecular weight is 652 g/mol. The molecule has 3 heterocycles. The van der Waals surface area contributed by atoms with Crippen molar-refractivity contribution < 1.29 is 23.8 Å². The minimum absolute atomic E-state index is 0.0733. The fourth-order valence-corrected chi connectivity index (χ4v) is 6.55. The molecule has 0 bridgehead atoms. The number of carbonyl (C=O) groups excluding carboxylic acids is 2. The van der Waals surface area contributed by atoms with Gasteiger partial charge >= 0.3 is 11.9 Å². The van der Waals surface area contributed by atoms with Crippen molar-refractivity contribution in [3.8, 4) is 22.7 Å². The van der Waals surface area contributed by atoms with Crippen LogP contribution in [0.1, 0.15) is 48.9 Å². The summed E-state index contributed by atoms with van der Waals surface area (Å²) in [5.41, 5.74) is 7.62. The molecule has 4 aromatic carbocycles. The quantitative estimate of drug-likeness (QED) is 0.164. The Kier molecular flexibility index (Phi) is 8.85. The Morgan fingerprint density at radius 1 is 0.796 bits per heavy atom. The zero-order valence-corrected chi connectivity index (χ0v) is 27.7. The number of dihydropyridines is 1. The number of ether oxygens (including phenoxy) is 3. The van der Waals surface area contributed by atoms with Crippen LogP contribution in [0.4, 0.5) is 0 Å². The second-order valence-corrected chi connectivity index (χ2v) is 12.4. The second-order valence-electron chi connectivity index (χ2n) is 12.4. The summed E-state index contributed by atoms with van der Waals surface area (Å²) in [7, 11) is 0. The van der Waals surface area contributed by atoms with Gasteiger partial charge in [-0.25, -0.2) is 14.3 Å². The number of nitrogens with one attached hydrogen (secondary N) is 1. The van der Waals surface area contributed by atoms with Gasteiger partial charge < -0.3 is 19.5 Å². The highest BCUT2D eigenvalue weighted by molar-refractivity contribution is 6.00. The molecule has 0 unspecified atom stereocenters. The van der Waals surface area contributed by atoms with E-state index in [-0.39, 0.29) is 19.3 Å². The molecule has 246 valence electrons. The number of aromatic nitrogens is 2. The molecule has 8 nitrogen and oxygen atoms in total. The molecule has 0 spiro atoms. The van der Waals surface area contributed by atoms with E-state index in [2.05, 4.69) is 11.4 Å². The van der Waals surface area contributed by atoms with Gasteiger partial charge in [-0.2, -0.15) is 5.10 Å². The van der Waals surface area contributed by atoms with Crippen molar-refractivity contribution in [3.05, 3.63) is 160 Å². The molecule has 49 heavy (non-hydrogen) atoms. The average Bonchev–Trinajstić information content (AvgIpc) is 3.73. The van der Waals surface area contributed by atoms with Gasteiger partial charge in [0.2, 0.25) is 0 Å². The van der Waals surface area contributed by atoms with Gasteiger partial charge in [0.1, 0.15) is 25.1 Å². The first kappa shape index (κ1) is 31.7. The fraction of sp³-hybridized carbons (Fsp3) is 0.195. The molecular weight excluding hydrogens is 614 g/mol. The Bertz CT molecular complexity index is 1990. The molecule has 8 heteroatoms. The monoisotopic (exact) mass is 651 g/mol. The normalized spacial score (nSPS) is 15.8. The Labute approximate surface area is 285 Å². The summed E-state index contributed by atoms with van der Waals surface area (Å²) >= 11 is 0. The predicted octanol–water partition coefficient (Wildman–Crippen LogP) is 7.58. The van der Waals surface area contributed by atoms with Crippen LogP contribution in [0.5, 0.6) is 5.75 Å². The number of para-hydroxylation sites is 1. The van der Waals surface area contributed by atoms with Crippen molar-refractivity contribution in [3.63, 3.8) is 0 Å². The molecule has 0 saturated heterocycles. The zero-order chi connectivity index (χ0) is 33.9. The largest absolute Gasteiger partial charge is 0.490 e. The molecule has 1 N–H and O–H groups in total. The van der Waals surface area contributed by atoms with Crippen molar-refractivity contribution in [2.75, 3.05) is 0 Å². The fourth-order valence-electron chi connectivity index (χ4n) is 6.55. The molecule has 1 aromatic heterocycles. The first-order chi connectivity index (χ1) is 23.9. The van der Waals surface area contributed by atoms with Crippen molar-refractivity contribution in [1.82, 2.24) is 15.1 Å². The van der Waals surface area contributed by atoms with Crippen LogP contribution >= 0.6 is 0 Å². The number of nitrogens with zero attached hydrogens (tertiary/aromatic N) is 2. The third kappa shape index (κ3) is 6.63. The van der Waals surface area contributed by atoms with E-state index < -0.39 is 17.9 Å². The standard InChI is InChI=1S/C41H37N3O5/c1-26-21-32-22-31(19-20-35(32)49-26)39-34(23-44(43-39)33-17-11-6-12-18-33)38-36(40(45)47-24-29-13-7-4-8-14-29)27(2)42-28(3)37(38)41(46)48-25-30-15-9-5-10-16-30/h4-20,22-23,26,38,42H,21,24-25H2,1-3H3/t26-/m1/s1. The van der Waals surface area contributed by atoms with E-state index in [1.165, 1.54) is 0 Å². The SMILES string of the molecule is CC1=C(C(=O)OCc2ccccc2)C(c2cn(-c3ccccc3)nc2-c2ccc3c(c2)C[C@@H](C)O3)C(C(=O)OCc2ccccc2)=C(C)N1. The minimum atomic E-state index is -0.844. The predicted molar refractivity (Wildman–Crippen MR) is 187 cm³/mol. The van der Waals surface area contributed by atoms with Crippen LogP contribution in [0.25, 0.3) is 16.9 Å². The number of hydrogen-bond acceptors (Lipinski definition) is 7. The summed E-state index contributed by atoms with van der Waals surface area (Å²) in [6.07, 6.45) is 2.75. The van der Waals surface area contributed by atoms with Gasteiger partial charge in [-0.15, -0.1) is 0 Å². The first-order valence-electron chi connectivity index (χ1n) is 16.4.